The molecule has 0 fully saturated rings. The second-order valence-electron chi connectivity index (χ2n) is 6.20. The Hall–Kier alpha value is -3.62. The summed E-state index contributed by atoms with van der Waals surface area (Å²) in [5.74, 6) is -1.14. The van der Waals surface area contributed by atoms with Gasteiger partial charge in [-0.05, 0) is 25.0 Å². The average molecular weight is 386 g/mol. The number of fused-ring (bicyclic) bond motifs is 1. The van der Waals surface area contributed by atoms with Gasteiger partial charge in [-0.25, -0.2) is 4.79 Å². The molecule has 1 N–H and O–H groups in total. The molecule has 2 aromatic carbocycles. The van der Waals surface area contributed by atoms with Gasteiger partial charge in [-0.2, -0.15) is 0 Å². The zero-order valence-corrected chi connectivity index (χ0v) is 15.3. The van der Waals surface area contributed by atoms with Gasteiger partial charge in [-0.1, -0.05) is 24.3 Å². The molecule has 3 rings (SSSR count). The van der Waals surface area contributed by atoms with Gasteiger partial charge in [0.25, 0.3) is 11.6 Å². The van der Waals surface area contributed by atoms with Crippen molar-refractivity contribution in [1.82, 2.24) is 5.32 Å². The van der Waals surface area contributed by atoms with E-state index in [1.54, 1.807) is 0 Å². The highest BCUT2D eigenvalue weighted by atomic mass is 16.7. The zero-order valence-electron chi connectivity index (χ0n) is 15.3. The summed E-state index contributed by atoms with van der Waals surface area (Å²) < 4.78 is 15.2. The highest BCUT2D eigenvalue weighted by Crippen LogP contribution is 2.38. The van der Waals surface area contributed by atoms with Crippen LogP contribution in [0, 0.1) is 17.0 Å². The lowest BCUT2D eigenvalue weighted by molar-refractivity contribution is -0.385. The van der Waals surface area contributed by atoms with Crippen LogP contribution in [0.2, 0.25) is 0 Å². The SMILES string of the molecule is Cc1ccccc1C(C)NC(=O)COC(=O)c1cc2c(cc1[N+](=O)[O-])OCO2. The summed E-state index contributed by atoms with van der Waals surface area (Å²) >= 11 is 0. The third-order valence-electron chi connectivity index (χ3n) is 4.27. The molecule has 1 amide bonds. The fourth-order valence-corrected chi connectivity index (χ4v) is 2.89. The number of carbonyl (C=O) groups is 2. The van der Waals surface area contributed by atoms with Gasteiger partial charge in [0.1, 0.15) is 5.56 Å². The molecule has 0 aliphatic carbocycles. The van der Waals surface area contributed by atoms with Crippen LogP contribution in [0.4, 0.5) is 5.69 Å². The number of benzene rings is 2. The molecule has 9 nitrogen and oxygen atoms in total. The van der Waals surface area contributed by atoms with Crippen LogP contribution >= 0.6 is 0 Å². The topological polar surface area (TPSA) is 117 Å². The Morgan fingerprint density at radius 3 is 2.61 bits per heavy atom. The minimum atomic E-state index is -0.997. The quantitative estimate of drug-likeness (QED) is 0.461. The monoisotopic (exact) mass is 386 g/mol. The first-order chi connectivity index (χ1) is 13.4. The number of esters is 1. The number of rotatable bonds is 6. The Labute approximate surface area is 160 Å². The first-order valence-corrected chi connectivity index (χ1v) is 8.47. The van der Waals surface area contributed by atoms with Gasteiger partial charge in [0, 0.05) is 6.07 Å². The lowest BCUT2D eigenvalue weighted by atomic mass is 10.0. The number of hydrogen-bond donors (Lipinski definition) is 1. The predicted molar refractivity (Wildman–Crippen MR) is 97.2 cm³/mol. The van der Waals surface area contributed by atoms with Crippen molar-refractivity contribution in [3.63, 3.8) is 0 Å². The Morgan fingerprint density at radius 1 is 1.25 bits per heavy atom. The zero-order chi connectivity index (χ0) is 20.3. The van der Waals surface area contributed by atoms with E-state index in [1.165, 1.54) is 6.07 Å². The summed E-state index contributed by atoms with van der Waals surface area (Å²) in [6.45, 7) is 3.08. The molecule has 0 spiro atoms. The fourth-order valence-electron chi connectivity index (χ4n) is 2.89. The molecule has 2 aromatic rings. The van der Waals surface area contributed by atoms with Gasteiger partial charge in [-0.15, -0.1) is 0 Å². The van der Waals surface area contributed by atoms with Crippen molar-refractivity contribution < 1.29 is 28.7 Å². The molecule has 1 heterocycles. The minimum Gasteiger partial charge on any atom is -0.454 e. The molecular formula is C19H18N2O7. The summed E-state index contributed by atoms with van der Waals surface area (Å²) in [7, 11) is 0. The minimum absolute atomic E-state index is 0.0931. The van der Waals surface area contributed by atoms with E-state index in [4.69, 9.17) is 14.2 Å². The number of nitrogens with one attached hydrogen (secondary N) is 1. The third kappa shape index (κ3) is 4.03. The highest BCUT2D eigenvalue weighted by molar-refractivity contribution is 5.96. The number of amides is 1. The molecule has 9 heteroatoms. The first-order valence-electron chi connectivity index (χ1n) is 8.47. The molecule has 0 aromatic heterocycles. The van der Waals surface area contributed by atoms with Crippen molar-refractivity contribution in [3.8, 4) is 11.5 Å². The first kappa shape index (κ1) is 19.2. The van der Waals surface area contributed by atoms with E-state index in [9.17, 15) is 19.7 Å². The molecular weight excluding hydrogens is 368 g/mol. The van der Waals surface area contributed by atoms with Crippen LogP contribution in [0.3, 0.4) is 0 Å². The van der Waals surface area contributed by atoms with Crippen LogP contribution in [-0.2, 0) is 9.53 Å². The van der Waals surface area contributed by atoms with Crippen molar-refractivity contribution in [1.29, 1.82) is 0 Å². The average Bonchev–Trinajstić information content (AvgIpc) is 3.12. The van der Waals surface area contributed by atoms with Crippen molar-refractivity contribution in [2.75, 3.05) is 13.4 Å². The van der Waals surface area contributed by atoms with Gasteiger partial charge in [0.05, 0.1) is 17.0 Å². The second-order valence-corrected chi connectivity index (χ2v) is 6.20. The molecule has 28 heavy (non-hydrogen) atoms. The maximum Gasteiger partial charge on any atom is 0.345 e. The number of carbonyl (C=O) groups excluding carboxylic acids is 2. The van der Waals surface area contributed by atoms with Crippen molar-refractivity contribution in [2.45, 2.75) is 19.9 Å². The van der Waals surface area contributed by atoms with E-state index >= 15 is 0 Å². The highest BCUT2D eigenvalue weighted by Gasteiger charge is 2.28. The summed E-state index contributed by atoms with van der Waals surface area (Å²) in [6.07, 6.45) is 0. The van der Waals surface area contributed by atoms with E-state index in [1.807, 2.05) is 38.1 Å². The number of nitro benzene ring substituents is 1. The number of ether oxygens (including phenoxy) is 3. The Kier molecular flexibility index (Phi) is 5.44. The smallest absolute Gasteiger partial charge is 0.345 e. The molecule has 146 valence electrons. The van der Waals surface area contributed by atoms with Crippen molar-refractivity contribution >= 4 is 17.6 Å². The molecule has 0 saturated carbocycles. The second kappa shape index (κ2) is 7.95. The number of hydrogen-bond acceptors (Lipinski definition) is 7. The van der Waals surface area contributed by atoms with E-state index in [-0.39, 0.29) is 29.9 Å². The van der Waals surface area contributed by atoms with E-state index in [0.717, 1.165) is 17.2 Å². The molecule has 0 radical (unpaired) electrons. The van der Waals surface area contributed by atoms with Gasteiger partial charge < -0.3 is 19.5 Å². The standard InChI is InChI=1S/C19H18N2O7/c1-11-5-3-4-6-13(11)12(2)20-18(22)9-26-19(23)14-7-16-17(28-10-27-16)8-15(14)21(24)25/h3-8,12H,9-10H2,1-2H3,(H,20,22). The van der Waals surface area contributed by atoms with Crippen LogP contribution in [0.15, 0.2) is 36.4 Å². The Morgan fingerprint density at radius 2 is 1.93 bits per heavy atom. The van der Waals surface area contributed by atoms with E-state index < -0.39 is 29.1 Å². The van der Waals surface area contributed by atoms with E-state index in [2.05, 4.69) is 5.32 Å². The normalized spacial score (nSPS) is 12.9. The molecule has 0 saturated heterocycles. The third-order valence-corrected chi connectivity index (χ3v) is 4.27. The maximum atomic E-state index is 12.3. The summed E-state index contributed by atoms with van der Waals surface area (Å²) in [4.78, 5) is 34.9. The van der Waals surface area contributed by atoms with Crippen LogP contribution in [-0.4, -0.2) is 30.2 Å². The summed E-state index contributed by atoms with van der Waals surface area (Å²) in [5, 5.41) is 13.9. The molecule has 0 bridgehead atoms. The summed E-state index contributed by atoms with van der Waals surface area (Å²) in [5.41, 5.74) is 1.16. The van der Waals surface area contributed by atoms with Crippen LogP contribution in [0.1, 0.15) is 34.5 Å². The molecule has 1 aliphatic heterocycles. The molecule has 1 unspecified atom stereocenters. The largest absolute Gasteiger partial charge is 0.454 e. The van der Waals surface area contributed by atoms with Crippen molar-refractivity contribution in [2.24, 2.45) is 0 Å². The predicted octanol–water partition coefficient (Wildman–Crippen LogP) is 2.67. The Bertz CT molecular complexity index is 942. The van der Waals surface area contributed by atoms with Gasteiger partial charge in [-0.3, -0.25) is 14.9 Å². The number of aryl methyl sites for hydroxylation is 1. The molecule has 1 atom stereocenters. The lowest BCUT2D eigenvalue weighted by Gasteiger charge is -2.16. The van der Waals surface area contributed by atoms with Crippen LogP contribution in [0.25, 0.3) is 0 Å². The Balaban J connectivity index is 1.65. The summed E-state index contributed by atoms with van der Waals surface area (Å²) in [6, 6.07) is 9.57. The van der Waals surface area contributed by atoms with E-state index in [0.29, 0.717) is 0 Å². The number of nitro groups is 1. The molecule has 1 aliphatic rings. The van der Waals surface area contributed by atoms with Gasteiger partial charge >= 0.3 is 5.97 Å². The van der Waals surface area contributed by atoms with Gasteiger partial charge in [0.2, 0.25) is 6.79 Å². The lowest BCUT2D eigenvalue weighted by Crippen LogP contribution is -2.31. The number of nitrogens with zero attached hydrogens (tertiary/aromatic N) is 1. The maximum absolute atomic E-state index is 12.3. The van der Waals surface area contributed by atoms with Crippen LogP contribution in [0.5, 0.6) is 11.5 Å². The fraction of sp³-hybridized carbons (Fsp3) is 0.263. The van der Waals surface area contributed by atoms with Crippen molar-refractivity contribution in [3.05, 3.63) is 63.2 Å². The van der Waals surface area contributed by atoms with Gasteiger partial charge in [0.15, 0.2) is 18.1 Å². The van der Waals surface area contributed by atoms with Crippen LogP contribution < -0.4 is 14.8 Å².